The summed E-state index contributed by atoms with van der Waals surface area (Å²) in [6, 6.07) is 0. The number of hydrogen-bond donors (Lipinski definition) is 0. The van der Waals surface area contributed by atoms with E-state index >= 15 is 0 Å². The molecule has 16 valence electrons. The van der Waals surface area contributed by atoms with Gasteiger partial charge in [0.25, 0.3) is 0 Å². The Kier molecular flexibility index (Phi) is 101. The first kappa shape index (κ1) is 25.3. The molecule has 0 saturated carbocycles. The number of rotatable bonds is 0. The van der Waals surface area contributed by atoms with Gasteiger partial charge in [0.2, 0.25) is 0 Å². The molecule has 0 fully saturated rings. The van der Waals surface area contributed by atoms with Crippen LogP contribution in [-0.4, -0.2) is 0 Å². The van der Waals surface area contributed by atoms with Crippen LogP contribution in [0, 0.1) is 41.7 Å². The summed E-state index contributed by atoms with van der Waals surface area (Å²) in [5.74, 6) is 0. The van der Waals surface area contributed by atoms with Crippen LogP contribution in [0.1, 0.15) is 0 Å². The van der Waals surface area contributed by atoms with Gasteiger partial charge in [-0.1, -0.05) is 0 Å². The molecule has 0 heterocycles. The molecule has 0 unspecified atom stereocenters. The predicted molar refractivity (Wildman–Crippen MR) is 0 cm³/mol. The van der Waals surface area contributed by atoms with E-state index in [-0.39, 0.29) is 111 Å². The zero-order valence-corrected chi connectivity index (χ0v) is 10.7. The van der Waals surface area contributed by atoms with E-state index in [0.717, 1.165) is 0 Å². The SMILES string of the molecule is [Ce].[Ti].[Ti].[Zr]. The van der Waals surface area contributed by atoms with Gasteiger partial charge in [-0.25, -0.2) is 0 Å². The molecule has 0 bridgehead atoms. The molecule has 0 aliphatic heterocycles. The molecular formula is CeTi2Zr. The first-order valence-corrected chi connectivity index (χ1v) is 0. The second-order valence-corrected chi connectivity index (χ2v) is 0. The Balaban J connectivity index is 0. The first-order chi connectivity index (χ1) is 0. The van der Waals surface area contributed by atoms with Gasteiger partial charge < -0.3 is 0 Å². The van der Waals surface area contributed by atoms with Crippen LogP contribution in [-0.2, 0) is 69.6 Å². The van der Waals surface area contributed by atoms with Gasteiger partial charge in [-0.2, -0.15) is 0 Å². The van der Waals surface area contributed by atoms with Crippen LogP contribution in [0.25, 0.3) is 0 Å². The van der Waals surface area contributed by atoms with Gasteiger partial charge in [-0.05, 0) is 0 Å². The topological polar surface area (TPSA) is 0 Å². The third-order valence-electron chi connectivity index (χ3n) is 0. The smallest absolute Gasteiger partial charge is 0 e. The molecule has 0 aliphatic rings. The molecule has 0 nitrogen and oxygen atoms in total. The molecule has 0 aromatic rings. The molecule has 0 aromatic carbocycles. The zero-order valence-electron chi connectivity index (χ0n) is 2.00. The third kappa shape index (κ3) is 9.19. The van der Waals surface area contributed by atoms with Crippen molar-refractivity contribution >= 4 is 0 Å². The maximum Gasteiger partial charge on any atom is 0 e. The molecule has 0 N–H and O–H groups in total. The Bertz CT molecular complexity index is 6.00. The van der Waals surface area contributed by atoms with Gasteiger partial charge in [0.1, 0.15) is 0 Å². The van der Waals surface area contributed by atoms with Crippen LogP contribution >= 0.6 is 0 Å². The van der Waals surface area contributed by atoms with Crippen molar-refractivity contribution in [2.75, 3.05) is 0 Å². The molecule has 4 heavy (non-hydrogen) atoms. The van der Waals surface area contributed by atoms with Gasteiger partial charge in [0.15, 0.2) is 0 Å². The minimum Gasteiger partial charge on any atom is 0 e. The van der Waals surface area contributed by atoms with Crippen molar-refractivity contribution in [2.45, 2.75) is 0 Å². The van der Waals surface area contributed by atoms with E-state index in [1.54, 1.807) is 0 Å². The summed E-state index contributed by atoms with van der Waals surface area (Å²) in [4.78, 5) is 0. The molecule has 0 spiro atoms. The van der Waals surface area contributed by atoms with E-state index in [0.29, 0.717) is 0 Å². The van der Waals surface area contributed by atoms with E-state index in [2.05, 4.69) is 0 Å². The van der Waals surface area contributed by atoms with Crippen LogP contribution in [0.5, 0.6) is 0 Å². The molecule has 0 saturated heterocycles. The van der Waals surface area contributed by atoms with Crippen LogP contribution in [0.4, 0.5) is 0 Å². The Morgan fingerprint density at radius 3 is 0.750 bits per heavy atom. The third-order valence-corrected chi connectivity index (χ3v) is 0. The Labute approximate surface area is 109 Å². The Morgan fingerprint density at radius 1 is 0.750 bits per heavy atom. The van der Waals surface area contributed by atoms with Crippen molar-refractivity contribution in [2.24, 2.45) is 0 Å². The standard InChI is InChI=1S/Ce.2Ti.Zr. The molecule has 0 atom stereocenters. The van der Waals surface area contributed by atoms with Crippen molar-refractivity contribution < 1.29 is 111 Å². The second-order valence-electron chi connectivity index (χ2n) is 0. The average Bonchev–Trinajstić information content (AvgIpc) is 0. The van der Waals surface area contributed by atoms with E-state index in [4.69, 9.17) is 0 Å². The quantitative estimate of drug-likeness (QED) is 0.549. The van der Waals surface area contributed by atoms with Crippen LogP contribution in [0.15, 0.2) is 0 Å². The molecular weight excluding hydrogens is 327 g/mol. The van der Waals surface area contributed by atoms with Crippen molar-refractivity contribution in [3.63, 3.8) is 0 Å². The minimum atomic E-state index is 0. The van der Waals surface area contributed by atoms with Crippen LogP contribution in [0.2, 0.25) is 0 Å². The van der Waals surface area contributed by atoms with Gasteiger partial charge in [0.05, 0.1) is 0 Å². The summed E-state index contributed by atoms with van der Waals surface area (Å²) < 4.78 is 0. The van der Waals surface area contributed by atoms with Crippen molar-refractivity contribution in [1.82, 2.24) is 0 Å². The maximum absolute atomic E-state index is 0. The molecule has 0 aliphatic carbocycles. The largest absolute Gasteiger partial charge is 0 e. The summed E-state index contributed by atoms with van der Waals surface area (Å²) >= 11 is 0. The van der Waals surface area contributed by atoms with Gasteiger partial charge >= 0.3 is 0 Å². The van der Waals surface area contributed by atoms with Crippen molar-refractivity contribution in [3.8, 4) is 0 Å². The zero-order chi connectivity index (χ0) is 0. The molecule has 4 heteroatoms. The first-order valence-electron chi connectivity index (χ1n) is 0. The minimum absolute atomic E-state index is 0. The molecule has 0 aromatic heterocycles. The Hall–Kier alpha value is 3.69. The van der Waals surface area contributed by atoms with Crippen LogP contribution < -0.4 is 0 Å². The monoisotopic (exact) mass is 326 g/mol. The van der Waals surface area contributed by atoms with Gasteiger partial charge in [-0.3, -0.25) is 0 Å². The van der Waals surface area contributed by atoms with E-state index in [1.807, 2.05) is 0 Å². The normalized spacial score (nSPS) is 0. The van der Waals surface area contributed by atoms with E-state index in [1.165, 1.54) is 0 Å². The number of hydrogen-bond acceptors (Lipinski definition) is 0. The summed E-state index contributed by atoms with van der Waals surface area (Å²) in [5.41, 5.74) is 0. The van der Waals surface area contributed by atoms with Crippen molar-refractivity contribution in [1.29, 1.82) is 0 Å². The average molecular weight is 327 g/mol. The second kappa shape index (κ2) is 15.9. The van der Waals surface area contributed by atoms with Crippen molar-refractivity contribution in [3.05, 3.63) is 0 Å². The fourth-order valence-corrected chi connectivity index (χ4v) is 0. The molecule has 0 amide bonds. The van der Waals surface area contributed by atoms with Gasteiger partial charge in [0, 0.05) is 111 Å². The predicted octanol–water partition coefficient (Wildman–Crippen LogP) is -0.00750. The van der Waals surface area contributed by atoms with E-state index in [9.17, 15) is 0 Å². The summed E-state index contributed by atoms with van der Waals surface area (Å²) in [6.45, 7) is 0. The van der Waals surface area contributed by atoms with Crippen LogP contribution in [0.3, 0.4) is 0 Å². The fourth-order valence-electron chi connectivity index (χ4n) is 0. The summed E-state index contributed by atoms with van der Waals surface area (Å²) in [7, 11) is 0. The molecule has 0 rings (SSSR count). The maximum atomic E-state index is 0. The fraction of sp³-hybridized carbons (Fsp3) is 0. The van der Waals surface area contributed by atoms with Gasteiger partial charge in [-0.15, -0.1) is 0 Å². The van der Waals surface area contributed by atoms with E-state index < -0.39 is 0 Å². The summed E-state index contributed by atoms with van der Waals surface area (Å²) in [6.07, 6.45) is 0. The Morgan fingerprint density at radius 2 is 0.750 bits per heavy atom. The summed E-state index contributed by atoms with van der Waals surface area (Å²) in [5, 5.41) is 0. The molecule has 0 radical (unpaired) electrons.